The summed E-state index contributed by atoms with van der Waals surface area (Å²) in [6.45, 7) is 14.2. The molecule has 1 nitrogen and oxygen atoms in total. The maximum atomic E-state index is 3.89. The predicted octanol–water partition coefficient (Wildman–Crippen LogP) is 5.04. The molecule has 0 unspecified atom stereocenters. The third-order valence-corrected chi connectivity index (χ3v) is 2.57. The highest BCUT2D eigenvalue weighted by atomic mass is 79.9. The van der Waals surface area contributed by atoms with Gasteiger partial charge < -0.3 is 5.32 Å². The first-order valence-corrected chi connectivity index (χ1v) is 6.36. The van der Waals surface area contributed by atoms with E-state index in [-0.39, 0.29) is 0 Å². The molecule has 0 atom stereocenters. The summed E-state index contributed by atoms with van der Waals surface area (Å²) in [5.41, 5.74) is 4.54. The van der Waals surface area contributed by atoms with Crippen LogP contribution in [0.2, 0.25) is 0 Å². The first-order valence-electron chi connectivity index (χ1n) is 5.56. The zero-order valence-electron chi connectivity index (χ0n) is 10.9. The SMILES string of the molecule is C=C(C)NC(/C(=C/C)C(/C)=C\CC)=C(\C)Br. The second-order valence-corrected chi connectivity index (χ2v) is 5.00. The Kier molecular flexibility index (Phi) is 7.15. The molecule has 16 heavy (non-hydrogen) atoms. The van der Waals surface area contributed by atoms with Crippen LogP contribution in [-0.4, -0.2) is 0 Å². The molecular formula is C14H22BrN. The molecule has 0 heterocycles. The quantitative estimate of drug-likeness (QED) is 0.697. The van der Waals surface area contributed by atoms with Crippen molar-refractivity contribution in [1.29, 1.82) is 0 Å². The van der Waals surface area contributed by atoms with Crippen LogP contribution in [0.1, 0.15) is 41.0 Å². The van der Waals surface area contributed by atoms with E-state index in [2.05, 4.69) is 60.7 Å². The molecule has 0 radical (unpaired) electrons. The summed E-state index contributed by atoms with van der Waals surface area (Å²) < 4.78 is 1.09. The molecule has 2 heteroatoms. The van der Waals surface area contributed by atoms with Gasteiger partial charge in [0.15, 0.2) is 0 Å². The van der Waals surface area contributed by atoms with Crippen LogP contribution >= 0.6 is 15.9 Å². The number of hydrogen-bond acceptors (Lipinski definition) is 1. The summed E-state index contributed by atoms with van der Waals surface area (Å²) in [6.07, 6.45) is 5.40. The van der Waals surface area contributed by atoms with E-state index in [1.54, 1.807) is 0 Å². The second-order valence-electron chi connectivity index (χ2n) is 3.81. The van der Waals surface area contributed by atoms with Crippen LogP contribution in [0, 0.1) is 0 Å². The molecule has 0 rings (SSSR count). The Bertz CT molecular complexity index is 342. The van der Waals surface area contributed by atoms with Gasteiger partial charge in [0.25, 0.3) is 0 Å². The molecule has 0 aliphatic carbocycles. The zero-order chi connectivity index (χ0) is 12.7. The topological polar surface area (TPSA) is 12.0 Å². The van der Waals surface area contributed by atoms with Crippen molar-refractivity contribution in [2.75, 3.05) is 0 Å². The van der Waals surface area contributed by atoms with E-state index in [9.17, 15) is 0 Å². The van der Waals surface area contributed by atoms with E-state index >= 15 is 0 Å². The van der Waals surface area contributed by atoms with Crippen molar-refractivity contribution in [2.24, 2.45) is 0 Å². The first-order chi connectivity index (χ1) is 7.43. The number of hydrogen-bond donors (Lipinski definition) is 1. The molecule has 0 saturated heterocycles. The van der Waals surface area contributed by atoms with E-state index in [0.717, 1.165) is 22.3 Å². The van der Waals surface area contributed by atoms with Gasteiger partial charge in [0, 0.05) is 10.2 Å². The summed E-state index contributed by atoms with van der Waals surface area (Å²) in [5.74, 6) is 0. The molecule has 0 aliphatic heterocycles. The summed E-state index contributed by atoms with van der Waals surface area (Å²) >= 11 is 3.54. The molecule has 0 fully saturated rings. The van der Waals surface area contributed by atoms with Crippen molar-refractivity contribution in [1.82, 2.24) is 5.32 Å². The van der Waals surface area contributed by atoms with Gasteiger partial charge in [0.1, 0.15) is 0 Å². The van der Waals surface area contributed by atoms with Crippen LogP contribution in [-0.2, 0) is 0 Å². The van der Waals surface area contributed by atoms with Crippen molar-refractivity contribution in [2.45, 2.75) is 41.0 Å². The largest absolute Gasteiger partial charge is 0.359 e. The molecule has 0 aliphatic rings. The molecule has 0 amide bonds. The molecule has 90 valence electrons. The average molecular weight is 284 g/mol. The van der Waals surface area contributed by atoms with Crippen molar-refractivity contribution >= 4 is 15.9 Å². The van der Waals surface area contributed by atoms with Gasteiger partial charge in [0.05, 0.1) is 5.70 Å². The summed E-state index contributed by atoms with van der Waals surface area (Å²) in [7, 11) is 0. The van der Waals surface area contributed by atoms with Gasteiger partial charge >= 0.3 is 0 Å². The fourth-order valence-electron chi connectivity index (χ4n) is 1.54. The van der Waals surface area contributed by atoms with Crippen molar-refractivity contribution in [3.63, 3.8) is 0 Å². The van der Waals surface area contributed by atoms with Gasteiger partial charge in [-0.05, 0) is 45.3 Å². The number of allylic oxidation sites excluding steroid dienone is 5. The average Bonchev–Trinajstić information content (AvgIpc) is 2.17. The van der Waals surface area contributed by atoms with Gasteiger partial charge in [-0.3, -0.25) is 0 Å². The van der Waals surface area contributed by atoms with Gasteiger partial charge in [0.2, 0.25) is 0 Å². The lowest BCUT2D eigenvalue weighted by Gasteiger charge is -2.16. The molecule has 0 aromatic rings. The molecule has 0 spiro atoms. The monoisotopic (exact) mass is 283 g/mol. The smallest absolute Gasteiger partial charge is 0.0554 e. The minimum Gasteiger partial charge on any atom is -0.359 e. The Morgan fingerprint density at radius 1 is 1.31 bits per heavy atom. The van der Waals surface area contributed by atoms with Crippen LogP contribution in [0.15, 0.2) is 45.8 Å². The van der Waals surface area contributed by atoms with E-state index in [1.807, 2.05) is 13.8 Å². The lowest BCUT2D eigenvalue weighted by Crippen LogP contribution is -2.13. The zero-order valence-corrected chi connectivity index (χ0v) is 12.5. The fourth-order valence-corrected chi connectivity index (χ4v) is 1.85. The highest BCUT2D eigenvalue weighted by molar-refractivity contribution is 9.11. The minimum atomic E-state index is 0.942. The van der Waals surface area contributed by atoms with Crippen molar-refractivity contribution in [3.8, 4) is 0 Å². The maximum Gasteiger partial charge on any atom is 0.0554 e. The number of halogens is 1. The summed E-state index contributed by atoms with van der Waals surface area (Å²) in [4.78, 5) is 0. The van der Waals surface area contributed by atoms with Gasteiger partial charge in [-0.15, -0.1) is 0 Å². The van der Waals surface area contributed by atoms with Gasteiger partial charge in [-0.25, -0.2) is 0 Å². The van der Waals surface area contributed by atoms with Crippen LogP contribution in [0.5, 0.6) is 0 Å². The number of nitrogens with one attached hydrogen (secondary N) is 1. The molecule has 0 aromatic carbocycles. The third kappa shape index (κ3) is 4.84. The van der Waals surface area contributed by atoms with Gasteiger partial charge in [-0.2, -0.15) is 0 Å². The van der Waals surface area contributed by atoms with E-state index < -0.39 is 0 Å². The molecular weight excluding hydrogens is 262 g/mol. The van der Waals surface area contributed by atoms with E-state index in [0.29, 0.717) is 0 Å². The van der Waals surface area contributed by atoms with Crippen molar-refractivity contribution < 1.29 is 0 Å². The lowest BCUT2D eigenvalue weighted by molar-refractivity contribution is 0.973. The van der Waals surface area contributed by atoms with Crippen molar-refractivity contribution in [3.05, 3.63) is 45.8 Å². The van der Waals surface area contributed by atoms with E-state index in [4.69, 9.17) is 0 Å². The number of rotatable bonds is 5. The minimum absolute atomic E-state index is 0.942. The second kappa shape index (κ2) is 7.50. The first kappa shape index (κ1) is 15.2. The highest BCUT2D eigenvalue weighted by Crippen LogP contribution is 2.24. The van der Waals surface area contributed by atoms with Crippen LogP contribution in [0.4, 0.5) is 0 Å². The molecule has 0 bridgehead atoms. The fraction of sp³-hybridized carbons (Fsp3) is 0.429. The lowest BCUT2D eigenvalue weighted by atomic mass is 10.0. The molecule has 0 saturated carbocycles. The summed E-state index contributed by atoms with van der Waals surface area (Å²) in [5, 5.41) is 3.30. The van der Waals surface area contributed by atoms with E-state index in [1.165, 1.54) is 11.1 Å². The maximum absolute atomic E-state index is 3.89. The van der Waals surface area contributed by atoms with Crippen LogP contribution in [0.25, 0.3) is 0 Å². The predicted molar refractivity (Wildman–Crippen MR) is 77.4 cm³/mol. The molecule has 0 aromatic heterocycles. The Morgan fingerprint density at radius 3 is 2.19 bits per heavy atom. The third-order valence-electron chi connectivity index (χ3n) is 2.18. The van der Waals surface area contributed by atoms with Crippen LogP contribution < -0.4 is 5.32 Å². The standard InChI is InChI=1S/C14H22BrN/c1-7-9-11(5)13(8-2)14(12(6)15)16-10(3)4/h8-9,16H,3,7H2,1-2,4-6H3/b11-9-,13-8+,14-12+. The Labute approximate surface area is 108 Å². The molecule has 1 N–H and O–H groups in total. The summed E-state index contributed by atoms with van der Waals surface area (Å²) in [6, 6.07) is 0. The van der Waals surface area contributed by atoms with Gasteiger partial charge in [-0.1, -0.05) is 41.6 Å². The Balaban J connectivity index is 5.29. The Morgan fingerprint density at radius 2 is 1.88 bits per heavy atom. The highest BCUT2D eigenvalue weighted by Gasteiger charge is 2.08. The Hall–Kier alpha value is -0.760. The van der Waals surface area contributed by atoms with Crippen LogP contribution in [0.3, 0.4) is 0 Å². The normalized spacial score (nSPS) is 14.6.